The second kappa shape index (κ2) is 9.65. The molecule has 6 heteroatoms. The molecular weight excluding hydrogens is 360 g/mol. The summed E-state index contributed by atoms with van der Waals surface area (Å²) in [5, 5.41) is 4.88. The van der Waals surface area contributed by atoms with Crippen molar-refractivity contribution < 1.29 is 4.79 Å². The number of halogens is 1. The van der Waals surface area contributed by atoms with Crippen molar-refractivity contribution in [1.82, 2.24) is 15.2 Å². The molecule has 1 aliphatic rings. The Labute approximate surface area is 165 Å². The maximum absolute atomic E-state index is 12.2. The number of amides is 1. The van der Waals surface area contributed by atoms with Gasteiger partial charge in [-0.15, -0.1) is 0 Å². The largest absolute Gasteiger partial charge is 0.297 e. The fourth-order valence-corrected chi connectivity index (χ4v) is 3.21. The van der Waals surface area contributed by atoms with Crippen LogP contribution in [-0.4, -0.2) is 54.1 Å². The molecule has 142 valence electrons. The maximum atomic E-state index is 12.2. The molecule has 5 nitrogen and oxygen atoms in total. The zero-order valence-electron chi connectivity index (χ0n) is 15.6. The SMILES string of the molecule is C/C(=N/NC(=O)CN1CCN(Cc2ccccc2)CC1)c1ccc(Cl)cc1. The molecule has 2 aromatic carbocycles. The summed E-state index contributed by atoms with van der Waals surface area (Å²) in [6, 6.07) is 17.9. The van der Waals surface area contributed by atoms with Crippen LogP contribution >= 0.6 is 11.6 Å². The fourth-order valence-electron chi connectivity index (χ4n) is 3.09. The Hall–Kier alpha value is -2.21. The highest BCUT2D eigenvalue weighted by atomic mass is 35.5. The van der Waals surface area contributed by atoms with Gasteiger partial charge in [0.15, 0.2) is 0 Å². The molecule has 0 radical (unpaired) electrons. The highest BCUT2D eigenvalue weighted by Gasteiger charge is 2.18. The van der Waals surface area contributed by atoms with Crippen molar-refractivity contribution in [2.45, 2.75) is 13.5 Å². The molecule has 0 unspecified atom stereocenters. The van der Waals surface area contributed by atoms with E-state index in [2.05, 4.69) is 44.6 Å². The normalized spacial score (nSPS) is 16.3. The zero-order chi connectivity index (χ0) is 19.1. The topological polar surface area (TPSA) is 47.9 Å². The molecule has 0 spiro atoms. The lowest BCUT2D eigenvalue weighted by molar-refractivity contribution is -0.122. The second-order valence-electron chi connectivity index (χ2n) is 6.78. The van der Waals surface area contributed by atoms with Crippen molar-refractivity contribution in [3.05, 3.63) is 70.7 Å². The Kier molecular flexibility index (Phi) is 6.98. The van der Waals surface area contributed by atoms with E-state index in [0.717, 1.165) is 44.0 Å². The van der Waals surface area contributed by atoms with Gasteiger partial charge >= 0.3 is 0 Å². The molecule has 1 fully saturated rings. The summed E-state index contributed by atoms with van der Waals surface area (Å²) in [6.45, 7) is 6.92. The van der Waals surface area contributed by atoms with E-state index >= 15 is 0 Å². The van der Waals surface area contributed by atoms with Gasteiger partial charge in [0.25, 0.3) is 5.91 Å². The lowest BCUT2D eigenvalue weighted by Crippen LogP contribution is -2.48. The number of nitrogens with one attached hydrogen (secondary N) is 1. The number of hydrogen-bond acceptors (Lipinski definition) is 4. The van der Waals surface area contributed by atoms with Crippen LogP contribution in [0.25, 0.3) is 0 Å². The molecule has 0 aliphatic carbocycles. The molecule has 0 aromatic heterocycles. The molecule has 27 heavy (non-hydrogen) atoms. The first kappa shape index (κ1) is 19.5. The monoisotopic (exact) mass is 384 g/mol. The molecule has 2 aromatic rings. The van der Waals surface area contributed by atoms with Gasteiger partial charge in [-0.05, 0) is 30.2 Å². The van der Waals surface area contributed by atoms with Gasteiger partial charge in [0.05, 0.1) is 12.3 Å². The number of hydrogen-bond donors (Lipinski definition) is 1. The van der Waals surface area contributed by atoms with Crippen LogP contribution in [0.3, 0.4) is 0 Å². The van der Waals surface area contributed by atoms with Crippen LogP contribution in [0, 0.1) is 0 Å². The van der Waals surface area contributed by atoms with Gasteiger partial charge in [0.2, 0.25) is 0 Å². The Bertz CT molecular complexity index is 769. The smallest absolute Gasteiger partial charge is 0.254 e. The molecule has 1 N–H and O–H groups in total. The predicted octanol–water partition coefficient (Wildman–Crippen LogP) is 3.00. The van der Waals surface area contributed by atoms with Crippen molar-refractivity contribution in [3.8, 4) is 0 Å². The first-order chi connectivity index (χ1) is 13.1. The second-order valence-corrected chi connectivity index (χ2v) is 7.21. The number of carbonyl (C=O) groups is 1. The first-order valence-corrected chi connectivity index (χ1v) is 9.55. The first-order valence-electron chi connectivity index (χ1n) is 9.18. The minimum Gasteiger partial charge on any atom is -0.297 e. The van der Waals surface area contributed by atoms with Crippen LogP contribution < -0.4 is 5.43 Å². The van der Waals surface area contributed by atoms with Gasteiger partial charge in [-0.3, -0.25) is 14.6 Å². The minimum atomic E-state index is -0.0835. The van der Waals surface area contributed by atoms with Gasteiger partial charge in [0, 0.05) is 37.7 Å². The van der Waals surface area contributed by atoms with E-state index in [1.807, 2.05) is 37.3 Å². The highest BCUT2D eigenvalue weighted by Crippen LogP contribution is 2.10. The van der Waals surface area contributed by atoms with E-state index in [4.69, 9.17) is 11.6 Å². The van der Waals surface area contributed by atoms with Crippen LogP contribution in [0.4, 0.5) is 0 Å². The van der Waals surface area contributed by atoms with Crippen LogP contribution in [0.2, 0.25) is 5.02 Å². The Morgan fingerprint density at radius 3 is 2.30 bits per heavy atom. The summed E-state index contributed by atoms with van der Waals surface area (Å²) in [5.74, 6) is -0.0835. The van der Waals surface area contributed by atoms with Gasteiger partial charge in [-0.1, -0.05) is 54.1 Å². The standard InChI is InChI=1S/C21H25ClN4O/c1-17(19-7-9-20(22)10-8-19)23-24-21(27)16-26-13-11-25(12-14-26)15-18-5-3-2-4-6-18/h2-10H,11-16H2,1H3,(H,24,27)/b23-17-. The number of piperazine rings is 1. The quantitative estimate of drug-likeness (QED) is 0.615. The molecule has 0 atom stereocenters. The van der Waals surface area contributed by atoms with E-state index in [1.165, 1.54) is 5.56 Å². The van der Waals surface area contributed by atoms with Crippen LogP contribution in [0.5, 0.6) is 0 Å². The molecular formula is C21H25ClN4O. The van der Waals surface area contributed by atoms with Crippen LogP contribution in [0.1, 0.15) is 18.1 Å². The number of rotatable bonds is 6. The average Bonchev–Trinajstić information content (AvgIpc) is 2.69. The molecule has 1 saturated heterocycles. The van der Waals surface area contributed by atoms with Gasteiger partial charge < -0.3 is 0 Å². The summed E-state index contributed by atoms with van der Waals surface area (Å²) in [4.78, 5) is 16.8. The van der Waals surface area contributed by atoms with Crippen molar-refractivity contribution >= 4 is 23.2 Å². The van der Waals surface area contributed by atoms with E-state index < -0.39 is 0 Å². The number of nitrogens with zero attached hydrogens (tertiary/aromatic N) is 3. The van der Waals surface area contributed by atoms with E-state index in [1.54, 1.807) is 0 Å². The summed E-state index contributed by atoms with van der Waals surface area (Å²) >= 11 is 5.89. The van der Waals surface area contributed by atoms with Crippen LogP contribution in [0.15, 0.2) is 59.7 Å². The summed E-state index contributed by atoms with van der Waals surface area (Å²) in [7, 11) is 0. The van der Waals surface area contributed by atoms with E-state index in [-0.39, 0.29) is 5.91 Å². The van der Waals surface area contributed by atoms with E-state index in [0.29, 0.717) is 11.6 Å². The summed E-state index contributed by atoms with van der Waals surface area (Å²) in [5.41, 5.74) is 5.68. The maximum Gasteiger partial charge on any atom is 0.254 e. The lowest BCUT2D eigenvalue weighted by atomic mass is 10.1. The Morgan fingerprint density at radius 2 is 1.63 bits per heavy atom. The average molecular weight is 385 g/mol. The van der Waals surface area contributed by atoms with E-state index in [9.17, 15) is 4.79 Å². The van der Waals surface area contributed by atoms with Gasteiger partial charge in [-0.25, -0.2) is 5.43 Å². The van der Waals surface area contributed by atoms with Gasteiger partial charge in [-0.2, -0.15) is 5.10 Å². The third-order valence-electron chi connectivity index (χ3n) is 4.69. The Balaban J connectivity index is 1.41. The third kappa shape index (κ3) is 6.17. The Morgan fingerprint density at radius 1 is 1.00 bits per heavy atom. The number of benzene rings is 2. The van der Waals surface area contributed by atoms with Crippen LogP contribution in [-0.2, 0) is 11.3 Å². The zero-order valence-corrected chi connectivity index (χ0v) is 16.3. The van der Waals surface area contributed by atoms with Crippen molar-refractivity contribution in [3.63, 3.8) is 0 Å². The molecule has 1 amide bonds. The van der Waals surface area contributed by atoms with Crippen molar-refractivity contribution in [1.29, 1.82) is 0 Å². The summed E-state index contributed by atoms with van der Waals surface area (Å²) in [6.07, 6.45) is 0. The van der Waals surface area contributed by atoms with Crippen molar-refractivity contribution in [2.75, 3.05) is 32.7 Å². The number of hydrazone groups is 1. The summed E-state index contributed by atoms with van der Waals surface area (Å²) < 4.78 is 0. The fraction of sp³-hybridized carbons (Fsp3) is 0.333. The molecule has 3 rings (SSSR count). The third-order valence-corrected chi connectivity index (χ3v) is 4.94. The lowest BCUT2D eigenvalue weighted by Gasteiger charge is -2.34. The molecule has 1 heterocycles. The molecule has 0 bridgehead atoms. The van der Waals surface area contributed by atoms with Gasteiger partial charge in [0.1, 0.15) is 0 Å². The minimum absolute atomic E-state index is 0.0835. The number of carbonyl (C=O) groups excluding carboxylic acids is 1. The highest BCUT2D eigenvalue weighted by molar-refractivity contribution is 6.30. The molecule has 0 saturated carbocycles. The predicted molar refractivity (Wildman–Crippen MR) is 110 cm³/mol. The van der Waals surface area contributed by atoms with Crippen molar-refractivity contribution in [2.24, 2.45) is 5.10 Å². The molecule has 1 aliphatic heterocycles.